The molecule has 0 bridgehead atoms. The molecule has 1 aliphatic rings. The average molecular weight is 313 g/mol. The van der Waals surface area contributed by atoms with Crippen LogP contribution in [0.25, 0.3) is 10.8 Å². The Morgan fingerprint density at radius 1 is 1.22 bits per heavy atom. The monoisotopic (exact) mass is 313 g/mol. The molecule has 4 heteroatoms. The lowest BCUT2D eigenvalue weighted by molar-refractivity contribution is -0.0366. The van der Waals surface area contributed by atoms with Crippen molar-refractivity contribution in [2.45, 2.75) is 32.3 Å². The van der Waals surface area contributed by atoms with Gasteiger partial charge in [-0.1, -0.05) is 12.1 Å². The number of hydrogen-bond donors (Lipinski definition) is 2. The van der Waals surface area contributed by atoms with Gasteiger partial charge in [0.05, 0.1) is 5.56 Å². The van der Waals surface area contributed by atoms with Crippen LogP contribution in [0.3, 0.4) is 0 Å². The van der Waals surface area contributed by atoms with Crippen molar-refractivity contribution in [2.75, 3.05) is 13.1 Å². The first-order chi connectivity index (χ1) is 11.0. The van der Waals surface area contributed by atoms with Crippen LogP contribution in [0.15, 0.2) is 36.4 Å². The number of nitrogens with one attached hydrogen (secondary N) is 1. The second-order valence-corrected chi connectivity index (χ2v) is 6.73. The highest BCUT2D eigenvalue weighted by Crippen LogP contribution is 2.31. The molecule has 0 saturated carbocycles. The van der Waals surface area contributed by atoms with Crippen molar-refractivity contribution in [3.8, 4) is 5.75 Å². The summed E-state index contributed by atoms with van der Waals surface area (Å²) in [6.07, 6.45) is 2.04. The van der Waals surface area contributed by atoms with Gasteiger partial charge in [0.15, 0.2) is 0 Å². The summed E-state index contributed by atoms with van der Waals surface area (Å²) < 4.78 is 5.87. The molecule has 0 unspecified atom stereocenters. The van der Waals surface area contributed by atoms with Gasteiger partial charge in [-0.3, -0.25) is 0 Å². The van der Waals surface area contributed by atoms with Crippen molar-refractivity contribution in [3.63, 3.8) is 0 Å². The third-order valence-electron chi connectivity index (χ3n) is 4.76. The highest BCUT2D eigenvalue weighted by molar-refractivity contribution is 6.04. The van der Waals surface area contributed by atoms with Crippen molar-refractivity contribution in [1.29, 1.82) is 0 Å². The second kappa shape index (κ2) is 6.20. The van der Waals surface area contributed by atoms with E-state index >= 15 is 0 Å². The minimum atomic E-state index is -0.488. The molecule has 2 aromatic carbocycles. The van der Waals surface area contributed by atoms with Gasteiger partial charge in [-0.15, -0.1) is 0 Å². The van der Waals surface area contributed by atoms with E-state index in [1.807, 2.05) is 26.0 Å². The van der Waals surface area contributed by atoms with Gasteiger partial charge in [0.25, 0.3) is 0 Å². The number of phenols is 1. The van der Waals surface area contributed by atoms with Gasteiger partial charge in [-0.25, -0.2) is 4.79 Å². The maximum Gasteiger partial charge on any atom is 0.339 e. The molecular weight excluding hydrogens is 290 g/mol. The molecule has 4 nitrogen and oxygen atoms in total. The summed E-state index contributed by atoms with van der Waals surface area (Å²) in [6, 6.07) is 10.5. The molecule has 0 atom stereocenters. The van der Waals surface area contributed by atoms with Gasteiger partial charge in [0.1, 0.15) is 11.4 Å². The first-order valence-corrected chi connectivity index (χ1v) is 8.13. The Balaban J connectivity index is 1.85. The fourth-order valence-electron chi connectivity index (χ4n) is 3.34. The molecule has 2 N–H and O–H groups in total. The maximum atomic E-state index is 12.7. The summed E-state index contributed by atoms with van der Waals surface area (Å²) in [7, 11) is 0. The number of phenolic OH excluding ortho intramolecular Hbond substituents is 1. The first-order valence-electron chi connectivity index (χ1n) is 8.13. The van der Waals surface area contributed by atoms with E-state index in [2.05, 4.69) is 5.32 Å². The van der Waals surface area contributed by atoms with E-state index in [9.17, 15) is 9.90 Å². The van der Waals surface area contributed by atoms with Crippen molar-refractivity contribution in [1.82, 2.24) is 5.32 Å². The second-order valence-electron chi connectivity index (χ2n) is 6.73. The summed E-state index contributed by atoms with van der Waals surface area (Å²) in [5.74, 6) is 0.259. The van der Waals surface area contributed by atoms with Crippen molar-refractivity contribution in [2.24, 2.45) is 5.92 Å². The van der Waals surface area contributed by atoms with Gasteiger partial charge < -0.3 is 15.2 Å². The Bertz CT molecular complexity index is 718. The number of carbonyl (C=O) groups excluding carboxylic acids is 1. The summed E-state index contributed by atoms with van der Waals surface area (Å²) in [5.41, 5.74) is 0.0580. The zero-order chi connectivity index (χ0) is 16.4. The SMILES string of the molecule is CC(C)(OC(=O)c1cccc2cc(O)ccc12)C1CCNCC1. The Hall–Kier alpha value is -2.07. The quantitative estimate of drug-likeness (QED) is 0.852. The Labute approximate surface area is 136 Å². The van der Waals surface area contributed by atoms with Gasteiger partial charge in [0, 0.05) is 5.92 Å². The predicted octanol–water partition coefficient (Wildman–Crippen LogP) is 3.48. The lowest BCUT2D eigenvalue weighted by atomic mass is 9.83. The topological polar surface area (TPSA) is 58.6 Å². The zero-order valence-corrected chi connectivity index (χ0v) is 13.6. The molecule has 0 aliphatic carbocycles. The standard InChI is InChI=1S/C19H23NO3/c1-19(2,14-8-10-20-11-9-14)23-18(22)17-5-3-4-13-12-15(21)6-7-16(13)17/h3-7,12,14,20-21H,8-11H2,1-2H3. The molecule has 122 valence electrons. The van der Waals surface area contributed by atoms with Gasteiger partial charge >= 0.3 is 5.97 Å². The molecule has 1 aliphatic heterocycles. The molecule has 0 aromatic heterocycles. The predicted molar refractivity (Wildman–Crippen MR) is 90.7 cm³/mol. The van der Waals surface area contributed by atoms with Crippen LogP contribution in [0.2, 0.25) is 0 Å². The van der Waals surface area contributed by atoms with Crippen LogP contribution in [0, 0.1) is 5.92 Å². The summed E-state index contributed by atoms with van der Waals surface area (Å²) in [6.45, 7) is 5.94. The minimum Gasteiger partial charge on any atom is -0.508 e. The molecule has 1 saturated heterocycles. The smallest absolute Gasteiger partial charge is 0.339 e. The molecule has 0 radical (unpaired) electrons. The van der Waals surface area contributed by atoms with Crippen molar-refractivity contribution >= 4 is 16.7 Å². The lowest BCUT2D eigenvalue weighted by Crippen LogP contribution is -2.42. The maximum absolute atomic E-state index is 12.7. The zero-order valence-electron chi connectivity index (χ0n) is 13.6. The van der Waals surface area contributed by atoms with Crippen LogP contribution < -0.4 is 5.32 Å². The van der Waals surface area contributed by atoms with Crippen molar-refractivity contribution < 1.29 is 14.6 Å². The fraction of sp³-hybridized carbons (Fsp3) is 0.421. The molecule has 3 rings (SSSR count). The molecular formula is C19H23NO3. The number of benzene rings is 2. The van der Waals surface area contributed by atoms with Crippen LogP contribution in [0.4, 0.5) is 0 Å². The van der Waals surface area contributed by atoms with E-state index in [1.165, 1.54) is 0 Å². The number of fused-ring (bicyclic) bond motifs is 1. The number of ether oxygens (including phenoxy) is 1. The largest absolute Gasteiger partial charge is 0.508 e. The average Bonchev–Trinajstić information content (AvgIpc) is 2.54. The molecule has 0 spiro atoms. The first kappa shape index (κ1) is 15.8. The Kier molecular flexibility index (Phi) is 4.26. The van der Waals surface area contributed by atoms with Crippen LogP contribution in [0.5, 0.6) is 5.75 Å². The highest BCUT2D eigenvalue weighted by Gasteiger charge is 2.34. The van der Waals surface area contributed by atoms with E-state index < -0.39 is 5.60 Å². The van der Waals surface area contributed by atoms with E-state index in [0.717, 1.165) is 36.7 Å². The van der Waals surface area contributed by atoms with Crippen LogP contribution in [0.1, 0.15) is 37.0 Å². The number of carbonyl (C=O) groups is 1. The molecule has 2 aromatic rings. The Morgan fingerprint density at radius 3 is 2.70 bits per heavy atom. The van der Waals surface area contributed by atoms with E-state index in [4.69, 9.17) is 4.74 Å². The van der Waals surface area contributed by atoms with Gasteiger partial charge in [0.2, 0.25) is 0 Å². The Morgan fingerprint density at radius 2 is 1.96 bits per heavy atom. The fourth-order valence-corrected chi connectivity index (χ4v) is 3.34. The normalized spacial score (nSPS) is 16.4. The minimum absolute atomic E-state index is 0.193. The highest BCUT2D eigenvalue weighted by atomic mass is 16.6. The third-order valence-corrected chi connectivity index (χ3v) is 4.76. The molecule has 1 fully saturated rings. The molecule has 1 heterocycles. The number of piperidine rings is 1. The van der Waals surface area contributed by atoms with Crippen molar-refractivity contribution in [3.05, 3.63) is 42.0 Å². The number of aromatic hydroxyl groups is 1. The van der Waals surface area contributed by atoms with E-state index in [-0.39, 0.29) is 11.7 Å². The van der Waals surface area contributed by atoms with Gasteiger partial charge in [-0.05, 0) is 74.8 Å². The van der Waals surface area contributed by atoms with E-state index in [0.29, 0.717) is 11.5 Å². The molecule has 0 amide bonds. The van der Waals surface area contributed by atoms with Crippen LogP contribution in [-0.4, -0.2) is 29.8 Å². The number of rotatable bonds is 3. The summed E-state index contributed by atoms with van der Waals surface area (Å²) in [5, 5.41) is 14.6. The van der Waals surface area contributed by atoms with Gasteiger partial charge in [-0.2, -0.15) is 0 Å². The summed E-state index contributed by atoms with van der Waals surface area (Å²) >= 11 is 0. The number of hydrogen-bond acceptors (Lipinski definition) is 4. The van der Waals surface area contributed by atoms with Crippen LogP contribution >= 0.6 is 0 Å². The summed E-state index contributed by atoms with van der Waals surface area (Å²) in [4.78, 5) is 12.7. The molecule has 23 heavy (non-hydrogen) atoms. The van der Waals surface area contributed by atoms with Crippen LogP contribution in [-0.2, 0) is 4.74 Å². The lowest BCUT2D eigenvalue weighted by Gasteiger charge is -2.36. The third kappa shape index (κ3) is 3.32. The number of esters is 1. The van der Waals surface area contributed by atoms with E-state index in [1.54, 1.807) is 24.3 Å².